The van der Waals surface area contributed by atoms with Gasteiger partial charge in [-0.2, -0.15) is 5.26 Å². The molecule has 0 amide bonds. The number of likely N-dealkylation sites (tertiary alicyclic amines) is 1. The van der Waals surface area contributed by atoms with Gasteiger partial charge in [-0.1, -0.05) is 12.8 Å². The van der Waals surface area contributed by atoms with Gasteiger partial charge in [0.15, 0.2) is 9.84 Å². The molecule has 2 atom stereocenters. The zero-order chi connectivity index (χ0) is 15.6. The molecule has 0 N–H and O–H groups in total. The second kappa shape index (κ2) is 6.39. The Hall–Kier alpha value is -1.38. The average Bonchev–Trinajstić information content (AvgIpc) is 2.96. The lowest BCUT2D eigenvalue weighted by Crippen LogP contribution is -2.37. The van der Waals surface area contributed by atoms with E-state index >= 15 is 0 Å². The lowest BCUT2D eigenvalue weighted by Gasteiger charge is -2.31. The van der Waals surface area contributed by atoms with E-state index in [0.717, 1.165) is 12.5 Å². The van der Waals surface area contributed by atoms with Crippen LogP contribution >= 0.6 is 0 Å². The fourth-order valence-electron chi connectivity index (χ4n) is 3.87. The minimum Gasteiger partial charge on any atom is -0.299 e. The summed E-state index contributed by atoms with van der Waals surface area (Å²) in [5, 5.41) is 8.78. The van der Waals surface area contributed by atoms with Crippen LogP contribution in [-0.4, -0.2) is 38.2 Å². The van der Waals surface area contributed by atoms with Crippen molar-refractivity contribution in [2.24, 2.45) is 5.92 Å². The summed E-state index contributed by atoms with van der Waals surface area (Å²) in [6.45, 7) is 1.67. The fraction of sp³-hybridized carbons (Fsp3) is 0.588. The van der Waals surface area contributed by atoms with Crippen LogP contribution < -0.4 is 0 Å². The first-order chi connectivity index (χ1) is 10.6. The molecule has 3 rings (SSSR count). The summed E-state index contributed by atoms with van der Waals surface area (Å²) in [6.07, 6.45) is 6.37. The zero-order valence-electron chi connectivity index (χ0n) is 12.7. The van der Waals surface area contributed by atoms with Gasteiger partial charge in [-0.3, -0.25) is 4.90 Å². The smallest absolute Gasteiger partial charge is 0.179 e. The van der Waals surface area contributed by atoms with Crippen LogP contribution in [0.5, 0.6) is 0 Å². The topological polar surface area (TPSA) is 61.2 Å². The Kier molecular flexibility index (Phi) is 4.51. The second-order valence-corrected chi connectivity index (χ2v) is 8.50. The summed E-state index contributed by atoms with van der Waals surface area (Å²) in [6, 6.07) is 8.84. The molecule has 1 saturated carbocycles. The molecule has 22 heavy (non-hydrogen) atoms. The van der Waals surface area contributed by atoms with E-state index in [1.165, 1.54) is 32.1 Å². The highest BCUT2D eigenvalue weighted by molar-refractivity contribution is 7.91. The van der Waals surface area contributed by atoms with Gasteiger partial charge in [0.1, 0.15) is 0 Å². The molecule has 0 radical (unpaired) electrons. The van der Waals surface area contributed by atoms with E-state index in [1.54, 1.807) is 24.3 Å². The molecule has 2 fully saturated rings. The molecular weight excluding hydrogens is 296 g/mol. The molecule has 1 heterocycles. The third-order valence-corrected chi connectivity index (χ3v) is 6.83. The Bertz CT molecular complexity index is 661. The van der Waals surface area contributed by atoms with Crippen molar-refractivity contribution >= 4 is 9.84 Å². The largest absolute Gasteiger partial charge is 0.299 e. The van der Waals surface area contributed by atoms with Gasteiger partial charge in [0.2, 0.25) is 0 Å². The third kappa shape index (κ3) is 3.18. The van der Waals surface area contributed by atoms with E-state index in [0.29, 0.717) is 23.0 Å². The summed E-state index contributed by atoms with van der Waals surface area (Å²) in [5.74, 6) is 0.952. The van der Waals surface area contributed by atoms with Crippen LogP contribution in [0, 0.1) is 17.2 Å². The van der Waals surface area contributed by atoms with E-state index in [9.17, 15) is 8.42 Å². The van der Waals surface area contributed by atoms with Gasteiger partial charge >= 0.3 is 0 Å². The molecule has 2 aliphatic rings. The molecule has 1 aliphatic carbocycles. The van der Waals surface area contributed by atoms with E-state index in [4.69, 9.17) is 5.26 Å². The lowest BCUT2D eigenvalue weighted by molar-refractivity contribution is 0.191. The number of fused-ring (bicyclic) bond motifs is 1. The van der Waals surface area contributed by atoms with Gasteiger partial charge in [-0.05, 0) is 56.0 Å². The first-order valence-corrected chi connectivity index (χ1v) is 9.72. The van der Waals surface area contributed by atoms with Gasteiger partial charge in [0, 0.05) is 12.6 Å². The standard InChI is InChI=1S/C17H22N2O2S/c18-13-14-5-7-16(8-6-14)22(20,21)12-11-19-10-9-15-3-1-2-4-17(15)19/h5-8,15,17H,1-4,9-12H2/t15-,17-/m1/s1. The molecular formula is C17H22N2O2S. The third-order valence-electron chi connectivity index (χ3n) is 5.11. The number of hydrogen-bond donors (Lipinski definition) is 0. The van der Waals surface area contributed by atoms with Crippen molar-refractivity contribution < 1.29 is 8.42 Å². The Morgan fingerprint density at radius 2 is 1.86 bits per heavy atom. The van der Waals surface area contributed by atoms with Gasteiger partial charge in [-0.25, -0.2) is 8.42 Å². The molecule has 4 nitrogen and oxygen atoms in total. The number of rotatable bonds is 4. The van der Waals surface area contributed by atoms with E-state index in [1.807, 2.05) is 6.07 Å². The molecule has 118 valence electrons. The number of nitrogens with zero attached hydrogens (tertiary/aromatic N) is 2. The Morgan fingerprint density at radius 1 is 1.14 bits per heavy atom. The van der Waals surface area contributed by atoms with Crippen molar-refractivity contribution in [1.29, 1.82) is 5.26 Å². The molecule has 0 unspecified atom stereocenters. The van der Waals surface area contributed by atoms with Crippen molar-refractivity contribution in [3.05, 3.63) is 29.8 Å². The van der Waals surface area contributed by atoms with E-state index in [-0.39, 0.29) is 5.75 Å². The summed E-state index contributed by atoms with van der Waals surface area (Å²) in [4.78, 5) is 2.70. The van der Waals surface area contributed by atoms with E-state index in [2.05, 4.69) is 4.90 Å². The lowest BCUT2D eigenvalue weighted by atomic mass is 9.85. The Morgan fingerprint density at radius 3 is 2.59 bits per heavy atom. The van der Waals surface area contributed by atoms with Crippen molar-refractivity contribution in [1.82, 2.24) is 4.90 Å². The van der Waals surface area contributed by atoms with Crippen molar-refractivity contribution in [3.8, 4) is 6.07 Å². The Balaban J connectivity index is 1.63. The maximum atomic E-state index is 12.4. The summed E-state index contributed by atoms with van der Waals surface area (Å²) >= 11 is 0. The molecule has 1 aromatic carbocycles. The van der Waals surface area contributed by atoms with Gasteiger partial charge in [0.25, 0.3) is 0 Å². The number of nitriles is 1. The molecule has 0 bridgehead atoms. The first kappa shape index (κ1) is 15.5. The summed E-state index contributed by atoms with van der Waals surface area (Å²) < 4.78 is 24.9. The van der Waals surface area contributed by atoms with Gasteiger partial charge < -0.3 is 0 Å². The zero-order valence-corrected chi connectivity index (χ0v) is 13.6. The van der Waals surface area contributed by atoms with Crippen LogP contribution in [0.25, 0.3) is 0 Å². The van der Waals surface area contributed by atoms with Crippen LogP contribution in [0.4, 0.5) is 0 Å². The summed E-state index contributed by atoms with van der Waals surface area (Å²) in [7, 11) is -3.26. The molecule has 0 spiro atoms. The fourth-order valence-corrected chi connectivity index (χ4v) is 5.13. The number of benzene rings is 1. The van der Waals surface area contributed by atoms with Crippen LogP contribution in [0.1, 0.15) is 37.7 Å². The SMILES string of the molecule is N#Cc1ccc(S(=O)(=O)CCN2CC[C@H]3CCCC[C@H]32)cc1. The van der Waals surface area contributed by atoms with Gasteiger partial charge in [0.05, 0.1) is 22.3 Å². The van der Waals surface area contributed by atoms with E-state index < -0.39 is 9.84 Å². The molecule has 1 saturated heterocycles. The minimum atomic E-state index is -3.26. The van der Waals surface area contributed by atoms with Crippen LogP contribution in [0.3, 0.4) is 0 Å². The molecule has 0 aromatic heterocycles. The maximum Gasteiger partial charge on any atom is 0.179 e. The predicted octanol–water partition coefficient (Wildman–Crippen LogP) is 2.60. The normalized spacial score (nSPS) is 25.6. The van der Waals surface area contributed by atoms with Crippen LogP contribution in [0.2, 0.25) is 0 Å². The van der Waals surface area contributed by atoms with Crippen LogP contribution in [0.15, 0.2) is 29.2 Å². The average molecular weight is 318 g/mol. The van der Waals surface area contributed by atoms with Gasteiger partial charge in [-0.15, -0.1) is 0 Å². The quantitative estimate of drug-likeness (QED) is 0.856. The highest BCUT2D eigenvalue weighted by atomic mass is 32.2. The maximum absolute atomic E-state index is 12.4. The number of hydrogen-bond acceptors (Lipinski definition) is 4. The highest BCUT2D eigenvalue weighted by Gasteiger charge is 2.35. The van der Waals surface area contributed by atoms with Crippen molar-refractivity contribution in [3.63, 3.8) is 0 Å². The van der Waals surface area contributed by atoms with Crippen molar-refractivity contribution in [2.45, 2.75) is 43.0 Å². The molecule has 1 aromatic rings. The second-order valence-electron chi connectivity index (χ2n) is 6.39. The highest BCUT2D eigenvalue weighted by Crippen LogP contribution is 2.35. The first-order valence-electron chi connectivity index (χ1n) is 8.07. The Labute approximate surface area is 132 Å². The number of sulfone groups is 1. The molecule has 5 heteroatoms. The minimum absolute atomic E-state index is 0.169. The van der Waals surface area contributed by atoms with Crippen molar-refractivity contribution in [2.75, 3.05) is 18.8 Å². The summed E-state index contributed by atoms with van der Waals surface area (Å²) in [5.41, 5.74) is 0.489. The monoisotopic (exact) mass is 318 g/mol. The molecule has 1 aliphatic heterocycles. The van der Waals surface area contributed by atoms with Crippen LogP contribution in [-0.2, 0) is 9.84 Å². The predicted molar refractivity (Wildman–Crippen MR) is 85.1 cm³/mol.